The van der Waals surface area contributed by atoms with Gasteiger partial charge in [-0.1, -0.05) is 38.1 Å². The predicted octanol–water partition coefficient (Wildman–Crippen LogP) is 3.45. The molecule has 0 saturated carbocycles. The molecule has 0 aliphatic heterocycles. The number of benzene rings is 2. The number of anilines is 1. The Morgan fingerprint density at radius 3 is 2.34 bits per heavy atom. The molecule has 0 aromatic heterocycles. The SMILES string of the molecule is COc1cc([N+](=O)[O-])ccc1NC(=O)[C@H](C)[NH2+][C@@H](C)c1ccc(CC(C)C)cc1. The van der Waals surface area contributed by atoms with Crippen molar-refractivity contribution >= 4 is 17.3 Å². The van der Waals surface area contributed by atoms with Crippen LogP contribution in [0.4, 0.5) is 11.4 Å². The number of methoxy groups -OCH3 is 1. The maximum Gasteiger partial charge on any atom is 0.282 e. The maximum absolute atomic E-state index is 12.6. The molecule has 0 heterocycles. The lowest BCUT2D eigenvalue weighted by atomic mass is 9.99. The summed E-state index contributed by atoms with van der Waals surface area (Å²) in [4.78, 5) is 23.0. The van der Waals surface area contributed by atoms with Crippen LogP contribution in [0.25, 0.3) is 0 Å². The molecule has 0 unspecified atom stereocenters. The van der Waals surface area contributed by atoms with Gasteiger partial charge >= 0.3 is 0 Å². The van der Waals surface area contributed by atoms with Gasteiger partial charge in [-0.15, -0.1) is 0 Å². The zero-order chi connectivity index (χ0) is 21.6. The topological polar surface area (TPSA) is 98.1 Å². The minimum Gasteiger partial charge on any atom is -0.494 e. The summed E-state index contributed by atoms with van der Waals surface area (Å²) in [7, 11) is 1.41. The van der Waals surface area contributed by atoms with Crippen LogP contribution < -0.4 is 15.4 Å². The summed E-state index contributed by atoms with van der Waals surface area (Å²) in [6, 6.07) is 12.4. The Labute approximate surface area is 171 Å². The minimum atomic E-state index is -0.501. The standard InChI is InChI=1S/C22H29N3O4/c1-14(2)12-17-6-8-18(9-7-17)15(3)23-16(4)22(26)24-20-11-10-19(25(27)28)13-21(20)29-5/h6-11,13-16,23H,12H2,1-5H3,(H,24,26)/p+1/t15-,16-/m0/s1. The number of hydrogen-bond donors (Lipinski definition) is 2. The van der Waals surface area contributed by atoms with Gasteiger partial charge in [0.1, 0.15) is 11.8 Å². The van der Waals surface area contributed by atoms with Crippen LogP contribution >= 0.6 is 0 Å². The van der Waals surface area contributed by atoms with E-state index in [1.807, 2.05) is 12.2 Å². The van der Waals surface area contributed by atoms with Crippen molar-refractivity contribution in [2.75, 3.05) is 12.4 Å². The van der Waals surface area contributed by atoms with Crippen molar-refractivity contribution in [2.24, 2.45) is 5.92 Å². The van der Waals surface area contributed by atoms with E-state index in [9.17, 15) is 14.9 Å². The largest absolute Gasteiger partial charge is 0.494 e. The second kappa shape index (κ2) is 10.0. The molecule has 0 bridgehead atoms. The summed E-state index contributed by atoms with van der Waals surface area (Å²) in [6.07, 6.45) is 1.05. The highest BCUT2D eigenvalue weighted by molar-refractivity contribution is 5.95. The van der Waals surface area contributed by atoms with Gasteiger partial charge in [0, 0.05) is 11.6 Å². The van der Waals surface area contributed by atoms with E-state index >= 15 is 0 Å². The van der Waals surface area contributed by atoms with Gasteiger partial charge in [0.05, 0.1) is 23.8 Å². The van der Waals surface area contributed by atoms with Crippen molar-refractivity contribution in [2.45, 2.75) is 46.2 Å². The third-order valence-corrected chi connectivity index (χ3v) is 4.79. The molecule has 0 spiro atoms. The van der Waals surface area contributed by atoms with Crippen LogP contribution in [-0.2, 0) is 11.2 Å². The van der Waals surface area contributed by atoms with E-state index < -0.39 is 4.92 Å². The first-order valence-electron chi connectivity index (χ1n) is 9.78. The minimum absolute atomic E-state index is 0.0889. The second-order valence-electron chi connectivity index (χ2n) is 7.74. The molecule has 2 aromatic rings. The van der Waals surface area contributed by atoms with E-state index in [0.29, 0.717) is 11.6 Å². The van der Waals surface area contributed by atoms with Crippen molar-refractivity contribution in [3.63, 3.8) is 0 Å². The quantitative estimate of drug-likeness (QED) is 0.497. The number of quaternary nitrogens is 1. The van der Waals surface area contributed by atoms with Crippen LogP contribution in [-0.4, -0.2) is 24.0 Å². The molecule has 0 saturated heterocycles. The summed E-state index contributed by atoms with van der Waals surface area (Å²) in [6.45, 7) is 8.29. The molecule has 1 amide bonds. The van der Waals surface area contributed by atoms with Gasteiger partial charge in [-0.3, -0.25) is 14.9 Å². The fourth-order valence-electron chi connectivity index (χ4n) is 3.20. The third kappa shape index (κ3) is 6.29. The van der Waals surface area contributed by atoms with E-state index in [4.69, 9.17) is 4.74 Å². The Balaban J connectivity index is 2.00. The van der Waals surface area contributed by atoms with Gasteiger partial charge in [0.2, 0.25) is 0 Å². The van der Waals surface area contributed by atoms with E-state index in [2.05, 4.69) is 50.4 Å². The smallest absolute Gasteiger partial charge is 0.282 e. The number of carbonyl (C=O) groups excluding carboxylic acids is 1. The molecule has 2 rings (SSSR count). The number of rotatable bonds is 9. The zero-order valence-corrected chi connectivity index (χ0v) is 17.6. The van der Waals surface area contributed by atoms with Gasteiger partial charge in [0.25, 0.3) is 11.6 Å². The lowest BCUT2D eigenvalue weighted by molar-refractivity contribution is -0.709. The third-order valence-electron chi connectivity index (χ3n) is 4.79. The number of hydrogen-bond acceptors (Lipinski definition) is 4. The number of ether oxygens (including phenoxy) is 1. The molecule has 2 atom stereocenters. The van der Waals surface area contributed by atoms with Crippen LogP contribution in [0.15, 0.2) is 42.5 Å². The molecule has 156 valence electrons. The Kier molecular flexibility index (Phi) is 7.73. The monoisotopic (exact) mass is 400 g/mol. The Morgan fingerprint density at radius 1 is 1.14 bits per heavy atom. The first-order chi connectivity index (χ1) is 13.7. The van der Waals surface area contributed by atoms with Crippen molar-refractivity contribution in [3.8, 4) is 5.75 Å². The molecule has 0 aliphatic rings. The number of nitrogens with two attached hydrogens (primary N) is 1. The van der Waals surface area contributed by atoms with Crippen LogP contribution in [0.2, 0.25) is 0 Å². The molecular formula is C22H30N3O4+. The van der Waals surface area contributed by atoms with Crippen molar-refractivity contribution in [1.82, 2.24) is 0 Å². The zero-order valence-electron chi connectivity index (χ0n) is 17.6. The number of nitrogens with one attached hydrogen (secondary N) is 1. The number of nitro benzene ring substituents is 1. The Hall–Kier alpha value is -2.93. The molecular weight excluding hydrogens is 370 g/mol. The van der Waals surface area contributed by atoms with Gasteiger partial charge < -0.3 is 15.4 Å². The molecule has 0 fully saturated rings. The van der Waals surface area contributed by atoms with Crippen LogP contribution in [0.5, 0.6) is 5.75 Å². The average molecular weight is 400 g/mol. The molecule has 0 radical (unpaired) electrons. The summed E-state index contributed by atoms with van der Waals surface area (Å²) in [5.74, 6) is 0.680. The first-order valence-corrected chi connectivity index (χ1v) is 9.78. The van der Waals surface area contributed by atoms with Crippen molar-refractivity contribution in [3.05, 3.63) is 63.7 Å². The van der Waals surface area contributed by atoms with E-state index in [1.165, 1.54) is 30.9 Å². The average Bonchev–Trinajstić information content (AvgIpc) is 2.67. The van der Waals surface area contributed by atoms with Crippen molar-refractivity contribution < 1.29 is 19.8 Å². The second-order valence-corrected chi connectivity index (χ2v) is 7.74. The highest BCUT2D eigenvalue weighted by Gasteiger charge is 2.22. The van der Waals surface area contributed by atoms with E-state index in [0.717, 1.165) is 12.0 Å². The predicted molar refractivity (Wildman–Crippen MR) is 113 cm³/mol. The Bertz CT molecular complexity index is 850. The number of amides is 1. The van der Waals surface area contributed by atoms with Gasteiger partial charge in [-0.2, -0.15) is 0 Å². The number of non-ortho nitro benzene ring substituents is 1. The molecule has 7 nitrogen and oxygen atoms in total. The van der Waals surface area contributed by atoms with Gasteiger partial charge in [0.15, 0.2) is 6.04 Å². The fraction of sp³-hybridized carbons (Fsp3) is 0.409. The molecule has 7 heteroatoms. The number of carbonyl (C=O) groups is 1. The molecule has 2 aromatic carbocycles. The summed E-state index contributed by atoms with van der Waals surface area (Å²) < 4.78 is 5.18. The molecule has 0 aliphatic carbocycles. The van der Waals surface area contributed by atoms with Crippen molar-refractivity contribution in [1.29, 1.82) is 0 Å². The fourth-order valence-corrected chi connectivity index (χ4v) is 3.20. The van der Waals surface area contributed by atoms with Gasteiger partial charge in [-0.25, -0.2) is 0 Å². The lowest BCUT2D eigenvalue weighted by Crippen LogP contribution is -2.91. The highest BCUT2D eigenvalue weighted by atomic mass is 16.6. The normalized spacial score (nSPS) is 13.0. The number of nitro groups is 1. The summed E-state index contributed by atoms with van der Waals surface area (Å²) in [5, 5.41) is 15.7. The van der Waals surface area contributed by atoms with Crippen LogP contribution in [0.1, 0.15) is 44.9 Å². The van der Waals surface area contributed by atoms with E-state index in [-0.39, 0.29) is 29.4 Å². The maximum atomic E-state index is 12.6. The summed E-state index contributed by atoms with van der Waals surface area (Å²) >= 11 is 0. The van der Waals surface area contributed by atoms with Crippen LogP contribution in [0.3, 0.4) is 0 Å². The molecule has 3 N–H and O–H groups in total. The van der Waals surface area contributed by atoms with Crippen LogP contribution in [0, 0.1) is 16.0 Å². The number of nitrogens with zero attached hydrogens (tertiary/aromatic N) is 1. The Morgan fingerprint density at radius 2 is 1.79 bits per heavy atom. The van der Waals surface area contributed by atoms with E-state index in [1.54, 1.807) is 0 Å². The van der Waals surface area contributed by atoms with Gasteiger partial charge in [-0.05, 0) is 37.8 Å². The summed E-state index contributed by atoms with van der Waals surface area (Å²) in [5.41, 5.74) is 2.79. The first kappa shape index (κ1) is 22.4. The lowest BCUT2D eigenvalue weighted by Gasteiger charge is -2.18. The highest BCUT2D eigenvalue weighted by Crippen LogP contribution is 2.29. The molecule has 29 heavy (non-hydrogen) atoms.